The van der Waals surface area contributed by atoms with E-state index in [0.717, 1.165) is 42.1 Å². The summed E-state index contributed by atoms with van der Waals surface area (Å²) in [4.78, 5) is 2.28. The molecule has 0 atom stereocenters. The van der Waals surface area contributed by atoms with Crippen molar-refractivity contribution >= 4 is 17.7 Å². The minimum absolute atomic E-state index is 0.207. The average Bonchev–Trinajstić information content (AvgIpc) is 3.21. The van der Waals surface area contributed by atoms with Crippen molar-refractivity contribution in [3.8, 4) is 0 Å². The van der Waals surface area contributed by atoms with E-state index in [2.05, 4.69) is 19.7 Å². The number of hydrogen-bond donors (Lipinski definition) is 1. The van der Waals surface area contributed by atoms with E-state index in [4.69, 9.17) is 9.52 Å². The van der Waals surface area contributed by atoms with Crippen LogP contribution in [0.3, 0.4) is 0 Å². The summed E-state index contributed by atoms with van der Waals surface area (Å²) in [6, 6.07) is 3.86. The first-order chi connectivity index (χ1) is 10.4. The molecule has 3 heterocycles. The summed E-state index contributed by atoms with van der Waals surface area (Å²) in [5.41, 5.74) is 0. The molecule has 0 radical (unpaired) electrons. The Morgan fingerprint density at radius 3 is 2.86 bits per heavy atom. The number of hydrogen-bond acceptors (Lipinski definition) is 6. The molecule has 6 nitrogen and oxygen atoms in total. The minimum Gasteiger partial charge on any atom is -0.467 e. The maximum absolute atomic E-state index is 8.92. The van der Waals surface area contributed by atoms with Gasteiger partial charge in [0.1, 0.15) is 5.76 Å². The summed E-state index contributed by atoms with van der Waals surface area (Å²) in [5, 5.41) is 18.5. The zero-order chi connectivity index (χ0) is 14.5. The van der Waals surface area contributed by atoms with Gasteiger partial charge in [-0.3, -0.25) is 4.57 Å². The van der Waals surface area contributed by atoms with Gasteiger partial charge in [0, 0.05) is 25.4 Å². The zero-order valence-electron chi connectivity index (χ0n) is 11.9. The van der Waals surface area contributed by atoms with E-state index >= 15 is 0 Å². The van der Waals surface area contributed by atoms with Crippen molar-refractivity contribution < 1.29 is 9.52 Å². The lowest BCUT2D eigenvalue weighted by Crippen LogP contribution is -2.22. The van der Waals surface area contributed by atoms with Crippen LogP contribution in [0.2, 0.25) is 0 Å². The van der Waals surface area contributed by atoms with Crippen LogP contribution in [0.15, 0.2) is 28.0 Å². The van der Waals surface area contributed by atoms with Crippen LogP contribution in [0.25, 0.3) is 0 Å². The van der Waals surface area contributed by atoms with Crippen LogP contribution >= 0.6 is 11.8 Å². The van der Waals surface area contributed by atoms with Gasteiger partial charge in [0.25, 0.3) is 0 Å². The molecule has 1 N–H and O–H groups in total. The molecule has 0 spiro atoms. The zero-order valence-corrected chi connectivity index (χ0v) is 12.8. The number of anilines is 1. The summed E-state index contributed by atoms with van der Waals surface area (Å²) >= 11 is 1.63. The minimum atomic E-state index is 0.207. The lowest BCUT2D eigenvalue weighted by Gasteiger charge is -2.17. The molecular formula is C14H20N4O2S. The third-order valence-electron chi connectivity index (χ3n) is 3.51. The number of aliphatic hydroxyl groups is 1. The van der Waals surface area contributed by atoms with Gasteiger partial charge in [-0.05, 0) is 31.4 Å². The Kier molecular flexibility index (Phi) is 4.82. The molecule has 114 valence electrons. The Morgan fingerprint density at radius 1 is 1.29 bits per heavy atom. The molecule has 0 saturated carbocycles. The van der Waals surface area contributed by atoms with Crippen LogP contribution in [-0.2, 0) is 6.54 Å². The lowest BCUT2D eigenvalue weighted by molar-refractivity contribution is 0.296. The molecule has 7 heteroatoms. The molecular weight excluding hydrogens is 288 g/mol. The second kappa shape index (κ2) is 7.00. The van der Waals surface area contributed by atoms with Crippen molar-refractivity contribution in [1.29, 1.82) is 0 Å². The Labute approximate surface area is 128 Å². The van der Waals surface area contributed by atoms with Crippen LogP contribution in [-0.4, -0.2) is 45.3 Å². The largest absolute Gasteiger partial charge is 0.467 e. The monoisotopic (exact) mass is 308 g/mol. The number of furan rings is 1. The molecule has 0 aliphatic carbocycles. The molecule has 0 aromatic carbocycles. The first kappa shape index (κ1) is 14.5. The molecule has 0 unspecified atom stereocenters. The molecule has 21 heavy (non-hydrogen) atoms. The molecule has 0 amide bonds. The first-order valence-corrected chi connectivity index (χ1v) is 8.31. The molecule has 2 aromatic heterocycles. The number of nitrogens with zero attached hydrogens (tertiary/aromatic N) is 4. The van der Waals surface area contributed by atoms with E-state index in [1.807, 2.05) is 12.1 Å². The third kappa shape index (κ3) is 3.41. The summed E-state index contributed by atoms with van der Waals surface area (Å²) in [6.45, 7) is 2.93. The maximum Gasteiger partial charge on any atom is 0.228 e. The highest BCUT2D eigenvalue weighted by Gasteiger charge is 2.21. The lowest BCUT2D eigenvalue weighted by atomic mass is 10.4. The predicted octanol–water partition coefficient (Wildman–Crippen LogP) is 1.99. The molecule has 1 aliphatic heterocycles. The van der Waals surface area contributed by atoms with Crippen LogP contribution < -0.4 is 4.90 Å². The van der Waals surface area contributed by atoms with E-state index in [-0.39, 0.29) is 6.61 Å². The van der Waals surface area contributed by atoms with Gasteiger partial charge in [-0.15, -0.1) is 10.2 Å². The molecule has 3 rings (SSSR count). The smallest absolute Gasteiger partial charge is 0.228 e. The highest BCUT2D eigenvalue weighted by Crippen LogP contribution is 2.26. The summed E-state index contributed by atoms with van der Waals surface area (Å²) in [7, 11) is 0. The molecule has 1 fully saturated rings. The van der Waals surface area contributed by atoms with Gasteiger partial charge in [0.05, 0.1) is 12.8 Å². The Morgan fingerprint density at radius 2 is 2.14 bits per heavy atom. The number of aromatic nitrogens is 3. The van der Waals surface area contributed by atoms with Crippen LogP contribution in [0, 0.1) is 0 Å². The fourth-order valence-corrected chi connectivity index (χ4v) is 3.32. The van der Waals surface area contributed by atoms with Crippen molar-refractivity contribution in [2.75, 3.05) is 30.3 Å². The van der Waals surface area contributed by atoms with Gasteiger partial charge in [-0.1, -0.05) is 11.8 Å². The summed E-state index contributed by atoms with van der Waals surface area (Å²) in [5.74, 6) is 2.67. The van der Waals surface area contributed by atoms with Gasteiger partial charge in [0.2, 0.25) is 5.95 Å². The van der Waals surface area contributed by atoms with E-state index in [1.54, 1.807) is 18.0 Å². The normalized spacial score (nSPS) is 15.0. The average molecular weight is 308 g/mol. The van der Waals surface area contributed by atoms with Crippen molar-refractivity contribution in [3.05, 3.63) is 24.2 Å². The van der Waals surface area contributed by atoms with Gasteiger partial charge in [-0.2, -0.15) is 0 Å². The summed E-state index contributed by atoms with van der Waals surface area (Å²) < 4.78 is 7.58. The standard InChI is InChI=1S/C14H20N4O2S/c19-8-4-10-21-14-16-15-13(17-6-1-2-7-17)18(14)11-12-5-3-9-20-12/h3,5,9,19H,1-2,4,6-8,10-11H2. The molecule has 0 bridgehead atoms. The van der Waals surface area contributed by atoms with Crippen LogP contribution in [0.5, 0.6) is 0 Å². The maximum atomic E-state index is 8.92. The van der Waals surface area contributed by atoms with E-state index in [1.165, 1.54) is 12.8 Å². The Bertz CT molecular complexity index is 549. The van der Waals surface area contributed by atoms with Crippen molar-refractivity contribution in [1.82, 2.24) is 14.8 Å². The van der Waals surface area contributed by atoms with Crippen molar-refractivity contribution in [2.24, 2.45) is 0 Å². The molecule has 2 aromatic rings. The fourth-order valence-electron chi connectivity index (χ4n) is 2.46. The van der Waals surface area contributed by atoms with E-state index < -0.39 is 0 Å². The highest BCUT2D eigenvalue weighted by molar-refractivity contribution is 7.99. The van der Waals surface area contributed by atoms with Gasteiger partial charge >= 0.3 is 0 Å². The molecule has 1 aliphatic rings. The number of rotatable bonds is 7. The van der Waals surface area contributed by atoms with Gasteiger partial charge in [0.15, 0.2) is 5.16 Å². The topological polar surface area (TPSA) is 67.3 Å². The third-order valence-corrected chi connectivity index (χ3v) is 4.57. The first-order valence-electron chi connectivity index (χ1n) is 7.32. The van der Waals surface area contributed by atoms with Crippen LogP contribution in [0.4, 0.5) is 5.95 Å². The number of thioether (sulfide) groups is 1. The molecule has 1 saturated heterocycles. The SMILES string of the molecule is OCCCSc1nnc(N2CCCC2)n1Cc1ccco1. The predicted molar refractivity (Wildman–Crippen MR) is 81.7 cm³/mol. The fraction of sp³-hybridized carbons (Fsp3) is 0.571. The van der Waals surface area contributed by atoms with Crippen molar-refractivity contribution in [2.45, 2.75) is 31.0 Å². The Balaban J connectivity index is 1.81. The highest BCUT2D eigenvalue weighted by atomic mass is 32.2. The quantitative estimate of drug-likeness (QED) is 0.623. The van der Waals surface area contributed by atoms with Gasteiger partial charge in [-0.25, -0.2) is 0 Å². The van der Waals surface area contributed by atoms with Crippen molar-refractivity contribution in [3.63, 3.8) is 0 Å². The number of aliphatic hydroxyl groups excluding tert-OH is 1. The van der Waals surface area contributed by atoms with Crippen LogP contribution in [0.1, 0.15) is 25.0 Å². The second-order valence-corrected chi connectivity index (χ2v) is 6.13. The van der Waals surface area contributed by atoms with Gasteiger partial charge < -0.3 is 14.4 Å². The second-order valence-electron chi connectivity index (χ2n) is 5.07. The van der Waals surface area contributed by atoms with E-state index in [0.29, 0.717) is 6.54 Å². The summed E-state index contributed by atoms with van der Waals surface area (Å²) in [6.07, 6.45) is 4.87. The Hall–Kier alpha value is -1.47. The van der Waals surface area contributed by atoms with E-state index in [9.17, 15) is 0 Å².